The number of rotatable bonds is 5. The molecule has 3 heterocycles. The van der Waals surface area contributed by atoms with Crippen LogP contribution in [-0.2, 0) is 11.3 Å². The highest BCUT2D eigenvalue weighted by molar-refractivity contribution is 5.18. The van der Waals surface area contributed by atoms with Gasteiger partial charge in [-0.2, -0.15) is 5.10 Å². The largest absolute Gasteiger partial charge is 0.408 e. The predicted molar refractivity (Wildman–Crippen MR) is 76.8 cm³/mol. The van der Waals surface area contributed by atoms with Crippen molar-refractivity contribution >= 4 is 6.01 Å². The highest BCUT2D eigenvalue weighted by Crippen LogP contribution is 2.33. The molecule has 0 bridgehead atoms. The predicted octanol–water partition coefficient (Wildman–Crippen LogP) is 2.17. The van der Waals surface area contributed by atoms with Crippen LogP contribution >= 0.6 is 0 Å². The van der Waals surface area contributed by atoms with Gasteiger partial charge in [0.25, 0.3) is 0 Å². The third-order valence-electron chi connectivity index (χ3n) is 3.79. The lowest BCUT2D eigenvalue weighted by molar-refractivity contribution is -0.0240. The van der Waals surface area contributed by atoms with Crippen molar-refractivity contribution in [1.29, 1.82) is 0 Å². The van der Waals surface area contributed by atoms with Crippen molar-refractivity contribution in [1.82, 2.24) is 20.0 Å². The van der Waals surface area contributed by atoms with E-state index in [9.17, 15) is 0 Å². The Morgan fingerprint density at radius 2 is 2.33 bits per heavy atom. The number of anilines is 1. The second-order valence-electron chi connectivity index (χ2n) is 5.33. The molecule has 1 N–H and O–H groups in total. The lowest BCUT2D eigenvalue weighted by Crippen LogP contribution is -2.28. The topological polar surface area (TPSA) is 78.0 Å². The summed E-state index contributed by atoms with van der Waals surface area (Å²) in [6.45, 7) is 6.29. The lowest BCUT2D eigenvalue weighted by Gasteiger charge is -2.31. The van der Waals surface area contributed by atoms with Crippen LogP contribution in [0, 0.1) is 12.8 Å². The highest BCUT2D eigenvalue weighted by atomic mass is 16.5. The Balaban J connectivity index is 1.66. The minimum absolute atomic E-state index is 0.0792. The van der Waals surface area contributed by atoms with E-state index in [-0.39, 0.29) is 6.10 Å². The smallest absolute Gasteiger partial charge is 0.315 e. The van der Waals surface area contributed by atoms with E-state index in [2.05, 4.69) is 33.7 Å². The summed E-state index contributed by atoms with van der Waals surface area (Å²) < 4.78 is 13.2. The van der Waals surface area contributed by atoms with E-state index >= 15 is 0 Å². The van der Waals surface area contributed by atoms with E-state index in [0.717, 1.165) is 38.1 Å². The minimum atomic E-state index is 0.0792. The lowest BCUT2D eigenvalue weighted by atomic mass is 9.91. The quantitative estimate of drug-likeness (QED) is 0.909. The zero-order valence-electron chi connectivity index (χ0n) is 12.5. The molecule has 114 valence electrons. The van der Waals surface area contributed by atoms with Crippen LogP contribution in [0.1, 0.15) is 37.3 Å². The zero-order chi connectivity index (χ0) is 14.7. The molecule has 1 aliphatic rings. The van der Waals surface area contributed by atoms with Crippen LogP contribution in [0.4, 0.5) is 6.01 Å². The molecule has 3 rings (SSSR count). The maximum atomic E-state index is 5.97. The first-order valence-electron chi connectivity index (χ1n) is 7.44. The van der Waals surface area contributed by atoms with E-state index in [1.807, 2.05) is 10.9 Å². The van der Waals surface area contributed by atoms with E-state index in [0.29, 0.717) is 17.8 Å². The Morgan fingerprint density at radius 1 is 1.43 bits per heavy atom. The number of ether oxygens (including phenoxy) is 1. The molecule has 0 amide bonds. The molecule has 0 radical (unpaired) electrons. The van der Waals surface area contributed by atoms with Crippen LogP contribution in [0.15, 0.2) is 16.8 Å². The number of hydrogen-bond acceptors (Lipinski definition) is 6. The second-order valence-corrected chi connectivity index (χ2v) is 5.33. The van der Waals surface area contributed by atoms with Gasteiger partial charge in [-0.05, 0) is 19.8 Å². The number of aryl methyl sites for hydroxylation is 2. The fourth-order valence-corrected chi connectivity index (χ4v) is 2.71. The number of hydrogen-bond donors (Lipinski definition) is 1. The van der Waals surface area contributed by atoms with E-state index in [4.69, 9.17) is 9.15 Å². The van der Waals surface area contributed by atoms with Crippen LogP contribution in [0.25, 0.3) is 0 Å². The molecule has 1 fully saturated rings. The van der Waals surface area contributed by atoms with Gasteiger partial charge in [0.05, 0.1) is 12.3 Å². The van der Waals surface area contributed by atoms with Gasteiger partial charge >= 0.3 is 6.01 Å². The zero-order valence-corrected chi connectivity index (χ0v) is 12.5. The molecule has 2 aromatic heterocycles. The SMILES string of the molecule is CCn1cc([C@@H]2OCCC[C@H]2CNc2nnc(C)o2)cn1. The summed E-state index contributed by atoms with van der Waals surface area (Å²) >= 11 is 0. The van der Waals surface area contributed by atoms with Crippen LogP contribution < -0.4 is 5.32 Å². The molecule has 1 saturated heterocycles. The number of nitrogens with zero attached hydrogens (tertiary/aromatic N) is 4. The molecule has 2 atom stereocenters. The Kier molecular flexibility index (Phi) is 4.19. The van der Waals surface area contributed by atoms with E-state index < -0.39 is 0 Å². The Bertz CT molecular complexity index is 579. The fraction of sp³-hybridized carbons (Fsp3) is 0.643. The van der Waals surface area contributed by atoms with Crippen LogP contribution in [0.5, 0.6) is 0 Å². The second kappa shape index (κ2) is 6.26. The van der Waals surface area contributed by atoms with Gasteiger partial charge in [-0.15, -0.1) is 5.10 Å². The summed E-state index contributed by atoms with van der Waals surface area (Å²) in [6.07, 6.45) is 6.24. The summed E-state index contributed by atoms with van der Waals surface area (Å²) in [7, 11) is 0. The van der Waals surface area contributed by atoms with E-state index in [1.54, 1.807) is 6.92 Å². The summed E-state index contributed by atoms with van der Waals surface area (Å²) in [5.41, 5.74) is 1.14. The van der Waals surface area contributed by atoms with Gasteiger partial charge in [0.1, 0.15) is 0 Å². The summed E-state index contributed by atoms with van der Waals surface area (Å²) in [4.78, 5) is 0. The third-order valence-corrected chi connectivity index (χ3v) is 3.79. The fourth-order valence-electron chi connectivity index (χ4n) is 2.71. The number of nitrogens with one attached hydrogen (secondary N) is 1. The maximum absolute atomic E-state index is 5.97. The van der Waals surface area contributed by atoms with Crippen molar-refractivity contribution in [3.05, 3.63) is 23.8 Å². The highest BCUT2D eigenvalue weighted by Gasteiger charge is 2.28. The Hall–Kier alpha value is -1.89. The van der Waals surface area contributed by atoms with Gasteiger partial charge in [0.2, 0.25) is 5.89 Å². The van der Waals surface area contributed by atoms with Gasteiger partial charge in [-0.3, -0.25) is 4.68 Å². The van der Waals surface area contributed by atoms with Crippen molar-refractivity contribution in [3.8, 4) is 0 Å². The Morgan fingerprint density at radius 3 is 3.05 bits per heavy atom. The first kappa shape index (κ1) is 14.1. The van der Waals surface area contributed by atoms with Crippen LogP contribution in [-0.4, -0.2) is 33.1 Å². The molecule has 7 nitrogen and oxygen atoms in total. The van der Waals surface area contributed by atoms with Gasteiger partial charge in [-0.1, -0.05) is 5.10 Å². The molecular weight excluding hydrogens is 270 g/mol. The molecule has 21 heavy (non-hydrogen) atoms. The molecule has 0 spiro atoms. The summed E-state index contributed by atoms with van der Waals surface area (Å²) in [5, 5.41) is 15.3. The van der Waals surface area contributed by atoms with Crippen LogP contribution in [0.3, 0.4) is 0 Å². The molecule has 0 saturated carbocycles. The van der Waals surface area contributed by atoms with Gasteiger partial charge in [0, 0.05) is 44.3 Å². The molecule has 1 aliphatic heterocycles. The first-order valence-corrected chi connectivity index (χ1v) is 7.44. The number of aromatic nitrogens is 4. The molecule has 0 unspecified atom stereocenters. The summed E-state index contributed by atoms with van der Waals surface area (Å²) in [6, 6.07) is 0.473. The van der Waals surface area contributed by atoms with E-state index in [1.165, 1.54) is 0 Å². The van der Waals surface area contributed by atoms with Crippen molar-refractivity contribution < 1.29 is 9.15 Å². The van der Waals surface area contributed by atoms with Crippen molar-refractivity contribution in [2.75, 3.05) is 18.5 Å². The van der Waals surface area contributed by atoms with Crippen molar-refractivity contribution in [2.24, 2.45) is 5.92 Å². The molecule has 0 aliphatic carbocycles. The normalized spacial score (nSPS) is 22.4. The maximum Gasteiger partial charge on any atom is 0.315 e. The average molecular weight is 291 g/mol. The molecular formula is C14H21N5O2. The van der Waals surface area contributed by atoms with Crippen LogP contribution in [0.2, 0.25) is 0 Å². The average Bonchev–Trinajstić information content (AvgIpc) is 3.14. The standard InChI is InChI=1S/C14H21N5O2/c1-3-19-9-12(8-16-19)13-11(5-4-6-20-13)7-15-14-18-17-10(2)21-14/h8-9,11,13H,3-7H2,1-2H3,(H,15,18)/t11-,13+/m0/s1. The van der Waals surface area contributed by atoms with Gasteiger partial charge < -0.3 is 14.5 Å². The van der Waals surface area contributed by atoms with Crippen molar-refractivity contribution in [3.63, 3.8) is 0 Å². The third kappa shape index (κ3) is 3.24. The van der Waals surface area contributed by atoms with Gasteiger partial charge in [-0.25, -0.2) is 0 Å². The summed E-state index contributed by atoms with van der Waals surface area (Å²) in [5.74, 6) is 0.943. The minimum Gasteiger partial charge on any atom is -0.408 e. The molecule has 0 aromatic carbocycles. The molecule has 7 heteroatoms. The van der Waals surface area contributed by atoms with Gasteiger partial charge in [0.15, 0.2) is 0 Å². The van der Waals surface area contributed by atoms with Crippen molar-refractivity contribution in [2.45, 2.75) is 39.3 Å². The molecule has 2 aromatic rings. The Labute approximate surface area is 123 Å². The monoisotopic (exact) mass is 291 g/mol. The first-order chi connectivity index (χ1) is 10.3.